The first-order valence-electron chi connectivity index (χ1n) is 10.2. The molecule has 29 heavy (non-hydrogen) atoms. The van der Waals surface area contributed by atoms with Gasteiger partial charge in [0.1, 0.15) is 11.9 Å². The Labute approximate surface area is 170 Å². The molecule has 4 heterocycles. The largest absolute Gasteiger partial charge is 0.378 e. The highest BCUT2D eigenvalue weighted by Gasteiger charge is 2.24. The number of rotatable bonds is 4. The minimum absolute atomic E-state index is 0.0402. The zero-order valence-corrected chi connectivity index (χ0v) is 16.6. The molecule has 150 valence electrons. The Morgan fingerprint density at radius 1 is 1.00 bits per heavy atom. The minimum Gasteiger partial charge on any atom is -0.378 e. The number of morpholine rings is 1. The van der Waals surface area contributed by atoms with E-state index in [1.807, 2.05) is 23.0 Å². The smallest absolute Gasteiger partial charge is 0.161 e. The van der Waals surface area contributed by atoms with Crippen LogP contribution in [0.4, 0.5) is 5.82 Å². The van der Waals surface area contributed by atoms with E-state index in [2.05, 4.69) is 36.1 Å². The first kappa shape index (κ1) is 18.3. The van der Waals surface area contributed by atoms with Gasteiger partial charge in [-0.25, -0.2) is 14.6 Å². The van der Waals surface area contributed by atoms with Crippen molar-refractivity contribution in [1.29, 1.82) is 0 Å². The summed E-state index contributed by atoms with van der Waals surface area (Å²) in [6.07, 6.45) is 3.92. The molecule has 0 saturated carbocycles. The molecule has 2 aliphatic heterocycles. The first-order valence-corrected chi connectivity index (χ1v) is 10.2. The van der Waals surface area contributed by atoms with Crippen LogP contribution in [-0.2, 0) is 9.47 Å². The Morgan fingerprint density at radius 3 is 2.66 bits per heavy atom. The Morgan fingerprint density at radius 2 is 1.86 bits per heavy atom. The van der Waals surface area contributed by atoms with Crippen molar-refractivity contribution >= 4 is 5.82 Å². The number of ether oxygens (including phenoxy) is 2. The Bertz CT molecular complexity index is 990. The van der Waals surface area contributed by atoms with Crippen LogP contribution in [0.3, 0.4) is 0 Å². The number of hydrogen-bond donors (Lipinski definition) is 0. The lowest BCUT2D eigenvalue weighted by Crippen LogP contribution is -2.37. The third kappa shape index (κ3) is 3.88. The highest BCUT2D eigenvalue weighted by molar-refractivity contribution is 5.60. The van der Waals surface area contributed by atoms with Gasteiger partial charge in [0.15, 0.2) is 11.6 Å². The van der Waals surface area contributed by atoms with Crippen molar-refractivity contribution in [2.75, 3.05) is 37.8 Å². The van der Waals surface area contributed by atoms with Gasteiger partial charge >= 0.3 is 0 Å². The van der Waals surface area contributed by atoms with Gasteiger partial charge in [-0.1, -0.05) is 23.8 Å². The van der Waals surface area contributed by atoms with Crippen LogP contribution in [0.15, 0.2) is 42.6 Å². The maximum atomic E-state index is 5.86. The van der Waals surface area contributed by atoms with E-state index in [-0.39, 0.29) is 6.10 Å². The Balaban J connectivity index is 1.52. The molecule has 7 nitrogen and oxygen atoms in total. The molecule has 2 aromatic heterocycles. The molecule has 0 unspecified atom stereocenters. The molecule has 0 spiro atoms. The number of benzene rings is 1. The van der Waals surface area contributed by atoms with E-state index in [1.54, 1.807) is 0 Å². The van der Waals surface area contributed by atoms with Crippen molar-refractivity contribution in [2.45, 2.75) is 25.9 Å². The normalized spacial score (nSPS) is 19.6. The van der Waals surface area contributed by atoms with Gasteiger partial charge in [-0.2, -0.15) is 5.10 Å². The lowest BCUT2D eigenvalue weighted by Gasteiger charge is -2.28. The molecule has 2 saturated heterocycles. The maximum absolute atomic E-state index is 5.86. The van der Waals surface area contributed by atoms with Gasteiger partial charge in [0.05, 0.1) is 18.9 Å². The van der Waals surface area contributed by atoms with Gasteiger partial charge in [-0.15, -0.1) is 0 Å². The van der Waals surface area contributed by atoms with E-state index in [4.69, 9.17) is 24.5 Å². The van der Waals surface area contributed by atoms with Crippen molar-refractivity contribution in [3.63, 3.8) is 0 Å². The zero-order valence-electron chi connectivity index (χ0n) is 16.6. The summed E-state index contributed by atoms with van der Waals surface area (Å²) in [7, 11) is 0. The monoisotopic (exact) mass is 391 g/mol. The van der Waals surface area contributed by atoms with Gasteiger partial charge in [0, 0.05) is 37.5 Å². The number of aromatic nitrogens is 4. The Kier molecular flexibility index (Phi) is 4.99. The summed E-state index contributed by atoms with van der Waals surface area (Å²) in [5.41, 5.74) is 3.25. The van der Waals surface area contributed by atoms with Crippen LogP contribution in [0.25, 0.3) is 17.1 Å². The van der Waals surface area contributed by atoms with Gasteiger partial charge in [-0.05, 0) is 31.9 Å². The summed E-state index contributed by atoms with van der Waals surface area (Å²) in [4.78, 5) is 11.9. The SMILES string of the molecule is Cc1cccc(-c2ccn(-c3cc(N4CCOCC4)nc([C@@H]4CCCO4)n3)n2)c1. The molecule has 0 bridgehead atoms. The highest BCUT2D eigenvalue weighted by Crippen LogP contribution is 2.29. The van der Waals surface area contributed by atoms with Crippen LogP contribution in [-0.4, -0.2) is 52.7 Å². The summed E-state index contributed by atoms with van der Waals surface area (Å²) in [5.74, 6) is 2.43. The van der Waals surface area contributed by atoms with E-state index in [0.29, 0.717) is 13.2 Å². The fraction of sp³-hybridized carbons (Fsp3) is 0.409. The van der Waals surface area contributed by atoms with E-state index in [9.17, 15) is 0 Å². The van der Waals surface area contributed by atoms with Crippen LogP contribution in [0.5, 0.6) is 0 Å². The molecule has 7 heteroatoms. The lowest BCUT2D eigenvalue weighted by atomic mass is 10.1. The summed E-state index contributed by atoms with van der Waals surface area (Å²) in [6.45, 7) is 5.95. The molecule has 0 radical (unpaired) electrons. The predicted octanol–water partition coefficient (Wildman–Crippen LogP) is 3.33. The van der Waals surface area contributed by atoms with Crippen molar-refractivity contribution in [3.8, 4) is 17.1 Å². The van der Waals surface area contributed by atoms with E-state index < -0.39 is 0 Å². The summed E-state index contributed by atoms with van der Waals surface area (Å²) in [5, 5.41) is 4.79. The standard InChI is InChI=1S/C22H25N5O2/c1-16-4-2-5-17(14-16)18-7-8-27(25-18)21-15-20(26-9-12-28-13-10-26)23-22(24-21)19-6-3-11-29-19/h2,4-5,7-8,14-15,19H,3,6,9-13H2,1H3/t19-/m0/s1. The number of anilines is 1. The predicted molar refractivity (Wildman–Crippen MR) is 110 cm³/mol. The fourth-order valence-corrected chi connectivity index (χ4v) is 3.85. The van der Waals surface area contributed by atoms with Gasteiger partial charge < -0.3 is 14.4 Å². The topological polar surface area (TPSA) is 65.3 Å². The molecule has 1 atom stereocenters. The third-order valence-corrected chi connectivity index (χ3v) is 5.41. The second kappa shape index (κ2) is 7.93. The number of hydrogen-bond acceptors (Lipinski definition) is 6. The molecule has 5 rings (SSSR count). The van der Waals surface area contributed by atoms with Crippen LogP contribution in [0.2, 0.25) is 0 Å². The molecule has 2 fully saturated rings. The molecule has 0 aliphatic carbocycles. The van der Waals surface area contributed by atoms with E-state index >= 15 is 0 Å². The van der Waals surface area contributed by atoms with Gasteiger partial charge in [0.25, 0.3) is 0 Å². The molecular weight excluding hydrogens is 366 g/mol. The van der Waals surface area contributed by atoms with Gasteiger partial charge in [0.2, 0.25) is 0 Å². The van der Waals surface area contributed by atoms with Crippen molar-refractivity contribution in [2.24, 2.45) is 0 Å². The molecule has 0 amide bonds. The van der Waals surface area contributed by atoms with E-state index in [0.717, 1.165) is 61.3 Å². The minimum atomic E-state index is -0.0402. The zero-order chi connectivity index (χ0) is 19.6. The maximum Gasteiger partial charge on any atom is 0.161 e. The first-order chi connectivity index (χ1) is 14.3. The molecule has 2 aliphatic rings. The quantitative estimate of drug-likeness (QED) is 0.680. The molecule has 3 aromatic rings. The van der Waals surface area contributed by atoms with Crippen LogP contribution in [0, 0.1) is 6.92 Å². The van der Waals surface area contributed by atoms with Crippen LogP contribution in [0.1, 0.15) is 30.3 Å². The molecule has 1 aromatic carbocycles. The average molecular weight is 391 g/mol. The fourth-order valence-electron chi connectivity index (χ4n) is 3.85. The number of nitrogens with zero attached hydrogens (tertiary/aromatic N) is 5. The summed E-state index contributed by atoms with van der Waals surface area (Å²) in [6, 6.07) is 12.4. The van der Waals surface area contributed by atoms with E-state index in [1.165, 1.54) is 5.56 Å². The van der Waals surface area contributed by atoms with Gasteiger partial charge in [-0.3, -0.25) is 0 Å². The summed E-state index contributed by atoms with van der Waals surface area (Å²) < 4.78 is 13.2. The second-order valence-corrected chi connectivity index (χ2v) is 7.56. The third-order valence-electron chi connectivity index (χ3n) is 5.41. The van der Waals surface area contributed by atoms with Crippen LogP contribution >= 0.6 is 0 Å². The van der Waals surface area contributed by atoms with Crippen molar-refractivity contribution < 1.29 is 9.47 Å². The lowest BCUT2D eigenvalue weighted by molar-refractivity contribution is 0.104. The summed E-state index contributed by atoms with van der Waals surface area (Å²) >= 11 is 0. The van der Waals surface area contributed by atoms with Crippen molar-refractivity contribution in [3.05, 3.63) is 54.0 Å². The Hall–Kier alpha value is -2.77. The van der Waals surface area contributed by atoms with Crippen molar-refractivity contribution in [1.82, 2.24) is 19.7 Å². The van der Waals surface area contributed by atoms with Crippen LogP contribution < -0.4 is 4.90 Å². The molecule has 0 N–H and O–H groups in total. The molecular formula is C22H25N5O2. The number of aryl methyl sites for hydroxylation is 1. The average Bonchev–Trinajstić information content (AvgIpc) is 3.47. The second-order valence-electron chi connectivity index (χ2n) is 7.56. The highest BCUT2D eigenvalue weighted by atomic mass is 16.5.